The van der Waals surface area contributed by atoms with E-state index in [9.17, 15) is 0 Å². The van der Waals surface area contributed by atoms with Gasteiger partial charge in [0, 0.05) is 17.8 Å². The summed E-state index contributed by atoms with van der Waals surface area (Å²) in [6.45, 7) is 0. The number of hydrogen-bond donors (Lipinski definition) is 1. The summed E-state index contributed by atoms with van der Waals surface area (Å²) >= 11 is 5.84. The number of fused-ring (bicyclic) bond motifs is 1. The van der Waals surface area contributed by atoms with Gasteiger partial charge in [0.25, 0.3) is 0 Å². The van der Waals surface area contributed by atoms with E-state index in [1.165, 1.54) is 0 Å². The van der Waals surface area contributed by atoms with Crippen LogP contribution < -0.4 is 5.73 Å². The van der Waals surface area contributed by atoms with Crippen molar-refractivity contribution in [3.05, 3.63) is 47.9 Å². The van der Waals surface area contributed by atoms with E-state index >= 15 is 0 Å². The third kappa shape index (κ3) is 1.62. The van der Waals surface area contributed by atoms with Crippen molar-refractivity contribution in [1.29, 1.82) is 0 Å². The number of rotatable bonds is 1. The number of nitrogens with zero attached hydrogens (tertiary/aromatic N) is 3. The highest BCUT2D eigenvalue weighted by molar-refractivity contribution is 6.30. The first kappa shape index (κ1) is 10.1. The fraction of sp³-hybridized carbons (Fsp3) is 0. The standard InChI is InChI=1S/C12H9ClN4/c13-8-6-16-17(7-8)11-4-3-10-9(12(11)14)2-1-5-15-10/h1-7H,14H2. The lowest BCUT2D eigenvalue weighted by atomic mass is 10.1. The molecule has 3 aromatic rings. The van der Waals surface area contributed by atoms with Crippen LogP contribution >= 0.6 is 11.6 Å². The van der Waals surface area contributed by atoms with Gasteiger partial charge in [0.05, 0.1) is 28.1 Å². The van der Waals surface area contributed by atoms with Crippen LogP contribution in [0.3, 0.4) is 0 Å². The van der Waals surface area contributed by atoms with Gasteiger partial charge in [0.15, 0.2) is 0 Å². The third-order valence-electron chi connectivity index (χ3n) is 2.60. The van der Waals surface area contributed by atoms with E-state index in [1.54, 1.807) is 23.3 Å². The summed E-state index contributed by atoms with van der Waals surface area (Å²) in [4.78, 5) is 4.25. The Bertz CT molecular complexity index is 690. The molecule has 0 saturated carbocycles. The molecule has 0 fully saturated rings. The average Bonchev–Trinajstić information content (AvgIpc) is 2.77. The van der Waals surface area contributed by atoms with Gasteiger partial charge in [-0.3, -0.25) is 4.98 Å². The van der Waals surface area contributed by atoms with Crippen LogP contribution in [0.5, 0.6) is 0 Å². The molecule has 3 rings (SSSR count). The normalized spacial score (nSPS) is 10.9. The Morgan fingerprint density at radius 1 is 1.24 bits per heavy atom. The first-order valence-corrected chi connectivity index (χ1v) is 5.47. The molecule has 2 heterocycles. The van der Waals surface area contributed by atoms with Crippen molar-refractivity contribution in [2.24, 2.45) is 0 Å². The highest BCUT2D eigenvalue weighted by Gasteiger charge is 2.07. The molecule has 0 bridgehead atoms. The summed E-state index contributed by atoms with van der Waals surface area (Å²) in [6.07, 6.45) is 5.04. The smallest absolute Gasteiger partial charge is 0.0883 e. The zero-order valence-corrected chi connectivity index (χ0v) is 9.59. The molecular weight excluding hydrogens is 236 g/mol. The summed E-state index contributed by atoms with van der Waals surface area (Å²) in [5.74, 6) is 0. The molecule has 0 radical (unpaired) electrons. The molecule has 0 aliphatic rings. The maximum Gasteiger partial charge on any atom is 0.0883 e. The first-order chi connectivity index (χ1) is 8.25. The molecule has 17 heavy (non-hydrogen) atoms. The summed E-state index contributed by atoms with van der Waals surface area (Å²) in [5.41, 5.74) is 8.44. The maximum atomic E-state index is 6.12. The monoisotopic (exact) mass is 244 g/mol. The summed E-state index contributed by atoms with van der Waals surface area (Å²) in [6, 6.07) is 7.59. The Morgan fingerprint density at radius 3 is 2.88 bits per heavy atom. The van der Waals surface area contributed by atoms with E-state index in [1.807, 2.05) is 24.3 Å². The highest BCUT2D eigenvalue weighted by atomic mass is 35.5. The predicted octanol–water partition coefficient (Wildman–Crippen LogP) is 2.66. The molecule has 5 heteroatoms. The molecule has 2 aromatic heterocycles. The van der Waals surface area contributed by atoms with Crippen LogP contribution in [-0.2, 0) is 0 Å². The molecule has 0 spiro atoms. The Hall–Kier alpha value is -2.07. The molecule has 4 nitrogen and oxygen atoms in total. The fourth-order valence-electron chi connectivity index (χ4n) is 1.80. The molecule has 0 amide bonds. The Kier molecular flexibility index (Phi) is 2.23. The predicted molar refractivity (Wildman–Crippen MR) is 68.3 cm³/mol. The Morgan fingerprint density at radius 2 is 2.12 bits per heavy atom. The van der Waals surface area contributed by atoms with Crippen molar-refractivity contribution in [2.45, 2.75) is 0 Å². The lowest BCUT2D eigenvalue weighted by Crippen LogP contribution is -2.01. The van der Waals surface area contributed by atoms with E-state index in [0.717, 1.165) is 16.6 Å². The molecule has 0 atom stereocenters. The van der Waals surface area contributed by atoms with Crippen LogP contribution in [0.15, 0.2) is 42.9 Å². The summed E-state index contributed by atoms with van der Waals surface area (Å²) in [5, 5.41) is 5.63. The van der Waals surface area contributed by atoms with Gasteiger partial charge in [-0.2, -0.15) is 5.10 Å². The second kappa shape index (κ2) is 3.75. The zero-order chi connectivity index (χ0) is 11.8. The van der Waals surface area contributed by atoms with Crippen molar-refractivity contribution in [2.75, 3.05) is 5.73 Å². The van der Waals surface area contributed by atoms with Gasteiger partial charge in [-0.1, -0.05) is 11.6 Å². The quantitative estimate of drug-likeness (QED) is 0.670. The number of benzene rings is 1. The van der Waals surface area contributed by atoms with E-state index in [2.05, 4.69) is 10.1 Å². The number of hydrogen-bond acceptors (Lipinski definition) is 3. The molecule has 1 aromatic carbocycles. The van der Waals surface area contributed by atoms with Crippen LogP contribution in [0, 0.1) is 0 Å². The second-order valence-electron chi connectivity index (χ2n) is 3.67. The van der Waals surface area contributed by atoms with Crippen LogP contribution in [0.25, 0.3) is 16.6 Å². The number of aromatic nitrogens is 3. The first-order valence-electron chi connectivity index (χ1n) is 5.09. The Balaban J connectivity index is 2.28. The van der Waals surface area contributed by atoms with Gasteiger partial charge in [0.2, 0.25) is 0 Å². The highest BCUT2D eigenvalue weighted by Crippen LogP contribution is 2.26. The van der Waals surface area contributed by atoms with Gasteiger partial charge in [-0.05, 0) is 24.3 Å². The van der Waals surface area contributed by atoms with Gasteiger partial charge >= 0.3 is 0 Å². The number of anilines is 1. The van der Waals surface area contributed by atoms with E-state index in [4.69, 9.17) is 17.3 Å². The SMILES string of the molecule is Nc1c(-n2cc(Cl)cn2)ccc2ncccc12. The van der Waals surface area contributed by atoms with Crippen LogP contribution in [-0.4, -0.2) is 14.8 Å². The van der Waals surface area contributed by atoms with Gasteiger partial charge in [0.1, 0.15) is 0 Å². The molecule has 0 unspecified atom stereocenters. The largest absolute Gasteiger partial charge is 0.396 e. The van der Waals surface area contributed by atoms with Crippen molar-refractivity contribution in [3.63, 3.8) is 0 Å². The van der Waals surface area contributed by atoms with Crippen molar-refractivity contribution in [1.82, 2.24) is 14.8 Å². The van der Waals surface area contributed by atoms with E-state index < -0.39 is 0 Å². The number of pyridine rings is 1. The number of halogens is 1. The number of nitrogen functional groups attached to an aromatic ring is 1. The van der Waals surface area contributed by atoms with Crippen molar-refractivity contribution in [3.8, 4) is 5.69 Å². The minimum absolute atomic E-state index is 0.579. The average molecular weight is 245 g/mol. The topological polar surface area (TPSA) is 56.7 Å². The third-order valence-corrected chi connectivity index (χ3v) is 2.80. The van der Waals surface area contributed by atoms with Crippen LogP contribution in [0.1, 0.15) is 0 Å². The maximum absolute atomic E-state index is 6.12. The van der Waals surface area contributed by atoms with Crippen molar-refractivity contribution < 1.29 is 0 Å². The molecule has 0 aliphatic heterocycles. The fourth-order valence-corrected chi connectivity index (χ4v) is 1.93. The number of nitrogens with two attached hydrogens (primary N) is 1. The van der Waals surface area contributed by atoms with Crippen LogP contribution in [0.2, 0.25) is 5.02 Å². The van der Waals surface area contributed by atoms with E-state index in [0.29, 0.717) is 10.7 Å². The van der Waals surface area contributed by atoms with Gasteiger partial charge in [-0.15, -0.1) is 0 Å². The Labute approximate surface area is 103 Å². The molecular formula is C12H9ClN4. The summed E-state index contributed by atoms with van der Waals surface area (Å²) in [7, 11) is 0. The zero-order valence-electron chi connectivity index (χ0n) is 8.84. The van der Waals surface area contributed by atoms with E-state index in [-0.39, 0.29) is 0 Å². The molecule has 84 valence electrons. The minimum Gasteiger partial charge on any atom is -0.396 e. The lowest BCUT2D eigenvalue weighted by Gasteiger charge is -2.08. The lowest BCUT2D eigenvalue weighted by molar-refractivity contribution is 0.884. The molecule has 0 saturated heterocycles. The van der Waals surface area contributed by atoms with Gasteiger partial charge < -0.3 is 5.73 Å². The van der Waals surface area contributed by atoms with Crippen LogP contribution in [0.4, 0.5) is 5.69 Å². The summed E-state index contributed by atoms with van der Waals surface area (Å²) < 4.78 is 1.66. The molecule has 0 aliphatic carbocycles. The van der Waals surface area contributed by atoms with Gasteiger partial charge in [-0.25, -0.2) is 4.68 Å². The van der Waals surface area contributed by atoms with Crippen molar-refractivity contribution >= 4 is 28.2 Å². The second-order valence-corrected chi connectivity index (χ2v) is 4.11. The molecule has 2 N–H and O–H groups in total. The minimum atomic E-state index is 0.579.